The third-order valence-electron chi connectivity index (χ3n) is 2.06. The molecule has 1 N–H and O–H groups in total. The first kappa shape index (κ1) is 14.1. The number of hydrogen-bond acceptors (Lipinski definition) is 6. The van der Waals surface area contributed by atoms with Crippen LogP contribution in [0.2, 0.25) is 0 Å². The zero-order valence-corrected chi connectivity index (χ0v) is 11.0. The van der Waals surface area contributed by atoms with E-state index in [4.69, 9.17) is 0 Å². The standard InChI is InChI=1S/C10H13N3O4S/c1-6(14)13(2)5-8(15)12-10-11-4-7(18-10)9(16)17-3/h4H,5H2,1-3H3,(H,11,12,15). The molecule has 0 spiro atoms. The van der Waals surface area contributed by atoms with E-state index in [1.807, 2.05) is 0 Å². The van der Waals surface area contributed by atoms with Crippen molar-refractivity contribution in [1.29, 1.82) is 0 Å². The lowest BCUT2D eigenvalue weighted by Crippen LogP contribution is -2.33. The minimum atomic E-state index is -0.506. The van der Waals surface area contributed by atoms with Crippen LogP contribution in [-0.2, 0) is 14.3 Å². The molecule has 18 heavy (non-hydrogen) atoms. The van der Waals surface area contributed by atoms with E-state index < -0.39 is 5.97 Å². The summed E-state index contributed by atoms with van der Waals surface area (Å²) in [7, 11) is 2.78. The van der Waals surface area contributed by atoms with Crippen LogP contribution in [-0.4, -0.2) is 48.4 Å². The summed E-state index contributed by atoms with van der Waals surface area (Å²) in [6, 6.07) is 0. The predicted octanol–water partition coefficient (Wildman–Crippen LogP) is 0.346. The molecule has 98 valence electrons. The largest absolute Gasteiger partial charge is 0.465 e. The highest BCUT2D eigenvalue weighted by Crippen LogP contribution is 2.18. The number of anilines is 1. The van der Waals surface area contributed by atoms with Gasteiger partial charge in [-0.3, -0.25) is 9.59 Å². The predicted molar refractivity (Wildman–Crippen MR) is 65.4 cm³/mol. The quantitative estimate of drug-likeness (QED) is 0.798. The smallest absolute Gasteiger partial charge is 0.349 e. The van der Waals surface area contributed by atoms with Gasteiger partial charge in [0.25, 0.3) is 0 Å². The van der Waals surface area contributed by atoms with E-state index in [9.17, 15) is 14.4 Å². The van der Waals surface area contributed by atoms with E-state index in [0.29, 0.717) is 4.88 Å². The number of aromatic nitrogens is 1. The lowest BCUT2D eigenvalue weighted by atomic mass is 10.5. The van der Waals surface area contributed by atoms with Crippen LogP contribution in [0.4, 0.5) is 5.13 Å². The molecular formula is C10H13N3O4S. The molecular weight excluding hydrogens is 258 g/mol. The molecule has 1 aromatic rings. The molecule has 0 aliphatic carbocycles. The van der Waals surface area contributed by atoms with Crippen molar-refractivity contribution in [2.45, 2.75) is 6.92 Å². The highest BCUT2D eigenvalue weighted by Gasteiger charge is 2.14. The van der Waals surface area contributed by atoms with Gasteiger partial charge in [-0.2, -0.15) is 0 Å². The number of amides is 2. The van der Waals surface area contributed by atoms with Crippen molar-refractivity contribution >= 4 is 34.3 Å². The number of carbonyl (C=O) groups excluding carboxylic acids is 3. The molecule has 7 nitrogen and oxygen atoms in total. The normalized spacial score (nSPS) is 9.72. The van der Waals surface area contributed by atoms with Gasteiger partial charge in [-0.1, -0.05) is 11.3 Å². The second-order valence-electron chi connectivity index (χ2n) is 3.44. The Balaban J connectivity index is 2.57. The molecule has 1 heterocycles. The number of likely N-dealkylation sites (N-methyl/N-ethyl adjacent to an activating group) is 1. The number of thiazole rings is 1. The number of rotatable bonds is 4. The average molecular weight is 271 g/mol. The Labute approximate surface area is 108 Å². The number of esters is 1. The lowest BCUT2D eigenvalue weighted by molar-refractivity contribution is -0.131. The van der Waals surface area contributed by atoms with Crippen LogP contribution in [0.3, 0.4) is 0 Å². The Morgan fingerprint density at radius 3 is 2.72 bits per heavy atom. The lowest BCUT2D eigenvalue weighted by Gasteiger charge is -2.13. The zero-order valence-electron chi connectivity index (χ0n) is 10.2. The Morgan fingerprint density at radius 2 is 2.17 bits per heavy atom. The van der Waals surface area contributed by atoms with Crippen LogP contribution >= 0.6 is 11.3 Å². The van der Waals surface area contributed by atoms with Crippen LogP contribution < -0.4 is 5.32 Å². The van der Waals surface area contributed by atoms with Crippen LogP contribution in [0.25, 0.3) is 0 Å². The van der Waals surface area contributed by atoms with Gasteiger partial charge in [0.2, 0.25) is 11.8 Å². The fourth-order valence-electron chi connectivity index (χ4n) is 1.01. The minimum absolute atomic E-state index is 0.0670. The maximum atomic E-state index is 11.5. The molecule has 8 heteroatoms. The van der Waals surface area contributed by atoms with Gasteiger partial charge in [0.05, 0.1) is 19.9 Å². The average Bonchev–Trinajstić information content (AvgIpc) is 2.76. The van der Waals surface area contributed by atoms with Crippen LogP contribution in [0.15, 0.2) is 6.20 Å². The Kier molecular flexibility index (Phi) is 4.78. The molecule has 0 bridgehead atoms. The molecule has 0 saturated carbocycles. The van der Waals surface area contributed by atoms with Crippen molar-refractivity contribution < 1.29 is 19.1 Å². The molecule has 0 atom stereocenters. The van der Waals surface area contributed by atoms with Crippen molar-refractivity contribution in [1.82, 2.24) is 9.88 Å². The van der Waals surface area contributed by atoms with Crippen LogP contribution in [0, 0.1) is 0 Å². The fourth-order valence-corrected chi connectivity index (χ4v) is 1.76. The number of ether oxygens (including phenoxy) is 1. The van der Waals surface area contributed by atoms with Gasteiger partial charge in [-0.05, 0) is 0 Å². The SMILES string of the molecule is COC(=O)c1cnc(NC(=O)CN(C)C(C)=O)s1. The van der Waals surface area contributed by atoms with Gasteiger partial charge in [0.15, 0.2) is 5.13 Å². The summed E-state index contributed by atoms with van der Waals surface area (Å²) in [6.45, 7) is 1.30. The van der Waals surface area contributed by atoms with E-state index >= 15 is 0 Å². The van der Waals surface area contributed by atoms with Gasteiger partial charge >= 0.3 is 5.97 Å². The number of hydrogen-bond donors (Lipinski definition) is 1. The Bertz CT molecular complexity index is 471. The van der Waals surface area contributed by atoms with Gasteiger partial charge < -0.3 is 15.0 Å². The Hall–Kier alpha value is -1.96. The molecule has 0 aliphatic rings. The topological polar surface area (TPSA) is 88.6 Å². The number of nitrogens with one attached hydrogen (secondary N) is 1. The van der Waals surface area contributed by atoms with E-state index in [1.165, 1.54) is 32.2 Å². The van der Waals surface area contributed by atoms with Crippen molar-refractivity contribution in [3.8, 4) is 0 Å². The summed E-state index contributed by atoms with van der Waals surface area (Å²) in [5.74, 6) is -1.09. The van der Waals surface area contributed by atoms with Crippen molar-refractivity contribution in [3.05, 3.63) is 11.1 Å². The zero-order chi connectivity index (χ0) is 13.7. The Morgan fingerprint density at radius 1 is 1.50 bits per heavy atom. The van der Waals surface area contributed by atoms with Gasteiger partial charge in [-0.25, -0.2) is 9.78 Å². The molecule has 0 fully saturated rings. The molecule has 0 unspecified atom stereocenters. The number of nitrogens with zero attached hydrogens (tertiary/aromatic N) is 2. The number of methoxy groups -OCH3 is 1. The molecule has 0 radical (unpaired) electrons. The third kappa shape index (κ3) is 3.81. The second-order valence-corrected chi connectivity index (χ2v) is 4.48. The first-order chi connectivity index (χ1) is 8.43. The summed E-state index contributed by atoms with van der Waals surface area (Å²) >= 11 is 1.01. The first-order valence-corrected chi connectivity index (χ1v) is 5.81. The van der Waals surface area contributed by atoms with Crippen LogP contribution in [0.5, 0.6) is 0 Å². The maximum absolute atomic E-state index is 11.5. The summed E-state index contributed by atoms with van der Waals surface area (Å²) in [5.41, 5.74) is 0. The summed E-state index contributed by atoms with van der Waals surface area (Å²) in [6.07, 6.45) is 1.32. The van der Waals surface area contributed by atoms with E-state index in [-0.39, 0.29) is 23.5 Å². The van der Waals surface area contributed by atoms with E-state index in [2.05, 4.69) is 15.0 Å². The van der Waals surface area contributed by atoms with Crippen molar-refractivity contribution in [2.24, 2.45) is 0 Å². The van der Waals surface area contributed by atoms with Crippen LogP contribution in [0.1, 0.15) is 16.6 Å². The fraction of sp³-hybridized carbons (Fsp3) is 0.400. The van der Waals surface area contributed by atoms with E-state index in [0.717, 1.165) is 11.3 Å². The highest BCUT2D eigenvalue weighted by molar-refractivity contribution is 7.17. The molecule has 2 amide bonds. The summed E-state index contributed by atoms with van der Waals surface area (Å²) in [4.78, 5) is 39.0. The maximum Gasteiger partial charge on any atom is 0.349 e. The third-order valence-corrected chi connectivity index (χ3v) is 2.95. The summed E-state index contributed by atoms with van der Waals surface area (Å²) in [5, 5.41) is 2.78. The molecule has 0 aromatic carbocycles. The second kappa shape index (κ2) is 6.10. The molecule has 1 rings (SSSR count). The highest BCUT2D eigenvalue weighted by atomic mass is 32.1. The van der Waals surface area contributed by atoms with E-state index in [1.54, 1.807) is 0 Å². The minimum Gasteiger partial charge on any atom is -0.465 e. The van der Waals surface area contributed by atoms with Gasteiger partial charge in [0.1, 0.15) is 4.88 Å². The van der Waals surface area contributed by atoms with Crippen molar-refractivity contribution in [2.75, 3.05) is 26.0 Å². The molecule has 1 aromatic heterocycles. The number of carbonyl (C=O) groups is 3. The van der Waals surface area contributed by atoms with Gasteiger partial charge in [0, 0.05) is 14.0 Å². The molecule has 0 saturated heterocycles. The summed E-state index contributed by atoms with van der Waals surface area (Å²) < 4.78 is 4.52. The molecule has 0 aliphatic heterocycles. The monoisotopic (exact) mass is 271 g/mol. The van der Waals surface area contributed by atoms with Gasteiger partial charge in [-0.15, -0.1) is 0 Å². The first-order valence-electron chi connectivity index (χ1n) is 4.99. The van der Waals surface area contributed by atoms with Crippen molar-refractivity contribution in [3.63, 3.8) is 0 Å².